The number of hydrogen-bond acceptors (Lipinski definition) is 9. The van der Waals surface area contributed by atoms with Crippen LogP contribution in [0.3, 0.4) is 0 Å². The standard InChI is InChI=1S/C36H38N6O6S/c1-36(2,3)22-17-28(32(46-4)29(18-22)41-35(44)45)40-34(43)39-27-9-10-31(26-8-6-5-7-25(26)27)48-24-11-12-37-30(19-24)33-38-23(21-49-33)20-42-13-15-47-16-14-42/h5-12,17-19,21,41H,13-16,20H2,1-4H3,(H,44,45)(H2,39,40,43). The van der Waals surface area contributed by atoms with Crippen molar-refractivity contribution in [2.45, 2.75) is 32.7 Å². The van der Waals surface area contributed by atoms with E-state index in [0.29, 0.717) is 22.9 Å². The zero-order valence-corrected chi connectivity index (χ0v) is 28.5. The molecule has 1 aliphatic heterocycles. The minimum absolute atomic E-state index is 0.196. The summed E-state index contributed by atoms with van der Waals surface area (Å²) < 4.78 is 17.3. The van der Waals surface area contributed by atoms with E-state index in [4.69, 9.17) is 19.2 Å². The van der Waals surface area contributed by atoms with Gasteiger partial charge in [0.25, 0.3) is 0 Å². The predicted octanol–water partition coefficient (Wildman–Crippen LogP) is 8.02. The maximum Gasteiger partial charge on any atom is 0.409 e. The van der Waals surface area contributed by atoms with Crippen LogP contribution in [0.1, 0.15) is 32.0 Å². The quantitative estimate of drug-likeness (QED) is 0.121. The average molecular weight is 683 g/mol. The Morgan fingerprint density at radius 1 is 0.959 bits per heavy atom. The van der Waals surface area contributed by atoms with E-state index >= 15 is 0 Å². The number of nitrogens with one attached hydrogen (secondary N) is 3. The molecule has 0 bridgehead atoms. The highest BCUT2D eigenvalue weighted by Crippen LogP contribution is 2.40. The van der Waals surface area contributed by atoms with E-state index in [1.165, 1.54) is 7.11 Å². The van der Waals surface area contributed by atoms with Crippen LogP contribution in [0.25, 0.3) is 21.5 Å². The first-order valence-electron chi connectivity index (χ1n) is 15.8. The van der Waals surface area contributed by atoms with Gasteiger partial charge in [0.15, 0.2) is 5.75 Å². The number of nitrogens with zero attached hydrogens (tertiary/aromatic N) is 3. The average Bonchev–Trinajstić information content (AvgIpc) is 3.54. The summed E-state index contributed by atoms with van der Waals surface area (Å²) in [7, 11) is 1.42. The van der Waals surface area contributed by atoms with Gasteiger partial charge in [-0.3, -0.25) is 15.2 Å². The third-order valence-corrected chi connectivity index (χ3v) is 8.91. The highest BCUT2D eigenvalue weighted by atomic mass is 32.1. The third-order valence-electron chi connectivity index (χ3n) is 8.00. The summed E-state index contributed by atoms with van der Waals surface area (Å²) in [4.78, 5) is 36.6. The first kappa shape index (κ1) is 33.7. The summed E-state index contributed by atoms with van der Waals surface area (Å²) in [6.07, 6.45) is 0.463. The van der Waals surface area contributed by atoms with Crippen molar-refractivity contribution in [3.8, 4) is 28.0 Å². The van der Waals surface area contributed by atoms with Gasteiger partial charge >= 0.3 is 12.1 Å². The zero-order chi connectivity index (χ0) is 34.5. The fourth-order valence-corrected chi connectivity index (χ4v) is 6.31. The monoisotopic (exact) mass is 682 g/mol. The lowest BCUT2D eigenvalue weighted by molar-refractivity contribution is 0.0337. The lowest BCUT2D eigenvalue weighted by atomic mass is 9.86. The maximum atomic E-state index is 13.4. The summed E-state index contributed by atoms with van der Waals surface area (Å²) in [6, 6.07) is 17.8. The molecule has 13 heteroatoms. The molecule has 1 aliphatic rings. The van der Waals surface area contributed by atoms with Crippen molar-refractivity contribution in [1.29, 1.82) is 0 Å². The molecule has 0 saturated carbocycles. The van der Waals surface area contributed by atoms with Crippen LogP contribution >= 0.6 is 11.3 Å². The van der Waals surface area contributed by atoms with Gasteiger partial charge in [0.2, 0.25) is 0 Å². The predicted molar refractivity (Wildman–Crippen MR) is 191 cm³/mol. The summed E-state index contributed by atoms with van der Waals surface area (Å²) in [5, 5.41) is 22.0. The number of thiazole rings is 1. The van der Waals surface area contributed by atoms with Gasteiger partial charge in [-0.1, -0.05) is 45.0 Å². The number of anilines is 3. The van der Waals surface area contributed by atoms with Crippen LogP contribution in [0, 0.1) is 0 Å². The Morgan fingerprint density at radius 2 is 1.67 bits per heavy atom. The fourth-order valence-electron chi connectivity index (χ4n) is 5.53. The zero-order valence-electron chi connectivity index (χ0n) is 27.7. The molecule has 0 spiro atoms. The molecule has 49 heavy (non-hydrogen) atoms. The maximum absolute atomic E-state index is 13.4. The summed E-state index contributed by atoms with van der Waals surface area (Å²) in [5.74, 6) is 1.41. The molecule has 1 fully saturated rings. The Balaban J connectivity index is 1.21. The number of fused-ring (bicyclic) bond motifs is 1. The van der Waals surface area contributed by atoms with E-state index in [2.05, 4.69) is 31.2 Å². The van der Waals surface area contributed by atoms with Gasteiger partial charge in [-0.05, 0) is 41.3 Å². The largest absolute Gasteiger partial charge is 0.492 e. The number of amides is 3. The number of methoxy groups -OCH3 is 1. The number of urea groups is 1. The summed E-state index contributed by atoms with van der Waals surface area (Å²) in [6.45, 7) is 10.0. The van der Waals surface area contributed by atoms with E-state index in [1.807, 2.05) is 51.1 Å². The molecular formula is C36H38N6O6S. The molecule has 0 unspecified atom stereocenters. The van der Waals surface area contributed by atoms with Gasteiger partial charge in [0, 0.05) is 48.0 Å². The first-order chi connectivity index (χ1) is 23.6. The van der Waals surface area contributed by atoms with Crippen LogP contribution in [0.2, 0.25) is 0 Å². The van der Waals surface area contributed by atoms with Crippen LogP contribution in [0.15, 0.2) is 72.2 Å². The molecule has 5 aromatic rings. The topological polar surface area (TPSA) is 147 Å². The van der Waals surface area contributed by atoms with Crippen molar-refractivity contribution < 1.29 is 28.9 Å². The molecule has 0 aliphatic carbocycles. The van der Waals surface area contributed by atoms with Gasteiger partial charge < -0.3 is 30.0 Å². The molecule has 3 amide bonds. The molecule has 1 saturated heterocycles. The Labute approximate surface area is 288 Å². The SMILES string of the molecule is COc1c(NC(=O)O)cc(C(C)(C)C)cc1NC(=O)Nc1ccc(Oc2ccnc(-c3nc(CN4CCOCC4)cs3)c2)c2ccccc12. The van der Waals surface area contributed by atoms with E-state index in [1.54, 1.807) is 47.9 Å². The molecular weight excluding hydrogens is 644 g/mol. The molecule has 0 atom stereocenters. The van der Waals surface area contributed by atoms with E-state index < -0.39 is 12.1 Å². The Kier molecular flexibility index (Phi) is 9.95. The number of benzene rings is 3. The number of aromatic nitrogens is 2. The fraction of sp³-hybridized carbons (Fsp3) is 0.278. The molecule has 3 aromatic carbocycles. The minimum Gasteiger partial charge on any atom is -0.492 e. The Hall–Kier alpha value is -5.24. The Bertz CT molecular complexity index is 1990. The molecule has 12 nitrogen and oxygen atoms in total. The second-order valence-electron chi connectivity index (χ2n) is 12.5. The molecule has 6 rings (SSSR count). The minimum atomic E-state index is -1.24. The van der Waals surface area contributed by atoms with Crippen molar-refractivity contribution in [2.75, 3.05) is 49.4 Å². The first-order valence-corrected chi connectivity index (χ1v) is 16.7. The van der Waals surface area contributed by atoms with Gasteiger partial charge in [-0.15, -0.1) is 11.3 Å². The van der Waals surface area contributed by atoms with Crippen LogP contribution in [-0.2, 0) is 16.7 Å². The normalized spacial score (nSPS) is 13.6. The van der Waals surface area contributed by atoms with Crippen molar-refractivity contribution in [1.82, 2.24) is 14.9 Å². The van der Waals surface area contributed by atoms with E-state index in [9.17, 15) is 14.7 Å². The highest BCUT2D eigenvalue weighted by molar-refractivity contribution is 7.13. The van der Waals surface area contributed by atoms with Crippen molar-refractivity contribution in [3.63, 3.8) is 0 Å². The van der Waals surface area contributed by atoms with Crippen molar-refractivity contribution >= 4 is 51.3 Å². The van der Waals surface area contributed by atoms with Gasteiger partial charge in [0.1, 0.15) is 22.2 Å². The number of hydrogen-bond donors (Lipinski definition) is 4. The number of rotatable bonds is 9. The number of pyridine rings is 1. The van der Waals surface area contributed by atoms with Crippen molar-refractivity contribution in [3.05, 3.63) is 83.5 Å². The summed E-state index contributed by atoms with van der Waals surface area (Å²) >= 11 is 1.55. The van der Waals surface area contributed by atoms with Crippen LogP contribution in [-0.4, -0.2) is 65.5 Å². The van der Waals surface area contributed by atoms with E-state index in [0.717, 1.165) is 65.6 Å². The number of morpholine rings is 1. The lowest BCUT2D eigenvalue weighted by Crippen LogP contribution is -2.35. The molecule has 254 valence electrons. The van der Waals surface area contributed by atoms with E-state index in [-0.39, 0.29) is 16.9 Å². The number of ether oxygens (including phenoxy) is 3. The number of carbonyl (C=O) groups is 2. The molecule has 4 N–H and O–H groups in total. The number of carbonyl (C=O) groups excluding carboxylic acids is 1. The van der Waals surface area contributed by atoms with Crippen molar-refractivity contribution in [2.24, 2.45) is 0 Å². The highest BCUT2D eigenvalue weighted by Gasteiger charge is 2.22. The van der Waals surface area contributed by atoms with Gasteiger partial charge in [-0.2, -0.15) is 0 Å². The second-order valence-corrected chi connectivity index (χ2v) is 13.4. The van der Waals surface area contributed by atoms with Crippen LogP contribution < -0.4 is 25.4 Å². The van der Waals surface area contributed by atoms with Crippen LogP contribution in [0.4, 0.5) is 26.7 Å². The van der Waals surface area contributed by atoms with Gasteiger partial charge in [-0.25, -0.2) is 14.6 Å². The molecule has 0 radical (unpaired) electrons. The number of carboxylic acid groups (broad SMARTS) is 1. The van der Waals surface area contributed by atoms with Crippen LogP contribution in [0.5, 0.6) is 17.2 Å². The second kappa shape index (κ2) is 14.5. The molecule has 2 aromatic heterocycles. The van der Waals surface area contributed by atoms with Gasteiger partial charge in [0.05, 0.1) is 43.1 Å². The smallest absolute Gasteiger partial charge is 0.409 e. The lowest BCUT2D eigenvalue weighted by Gasteiger charge is -2.25. The molecule has 3 heterocycles. The third kappa shape index (κ3) is 8.08. The summed E-state index contributed by atoms with van der Waals surface area (Å²) in [5.41, 5.74) is 3.31. The Morgan fingerprint density at radius 3 is 2.39 bits per heavy atom.